The van der Waals surface area contributed by atoms with E-state index in [1.54, 1.807) is 12.1 Å². The number of carbonyl (C=O) groups is 1. The third-order valence-electron chi connectivity index (χ3n) is 6.00. The van der Waals surface area contributed by atoms with Crippen molar-refractivity contribution >= 4 is 15.9 Å². The van der Waals surface area contributed by atoms with Crippen molar-refractivity contribution in [3.63, 3.8) is 0 Å². The molecular formula is C27H30N2O4S. The maximum Gasteiger partial charge on any atom is 0.243 e. The summed E-state index contributed by atoms with van der Waals surface area (Å²) in [7, 11) is -3.91. The fourth-order valence-electron chi connectivity index (χ4n) is 4.34. The predicted molar refractivity (Wildman–Crippen MR) is 132 cm³/mol. The van der Waals surface area contributed by atoms with Crippen LogP contribution in [0.3, 0.4) is 0 Å². The van der Waals surface area contributed by atoms with Crippen LogP contribution >= 0.6 is 0 Å². The van der Waals surface area contributed by atoms with E-state index < -0.39 is 10.0 Å². The molecule has 0 spiro atoms. The van der Waals surface area contributed by atoms with Crippen LogP contribution in [0.2, 0.25) is 0 Å². The number of hydrogen-bond acceptors (Lipinski definition) is 4. The lowest BCUT2D eigenvalue weighted by atomic mass is 9.88. The van der Waals surface area contributed by atoms with E-state index in [1.807, 2.05) is 55.5 Å². The molecule has 34 heavy (non-hydrogen) atoms. The van der Waals surface area contributed by atoms with Crippen molar-refractivity contribution < 1.29 is 17.9 Å². The molecule has 1 unspecified atom stereocenters. The zero-order valence-corrected chi connectivity index (χ0v) is 20.1. The molecule has 0 aliphatic heterocycles. The molecule has 0 aromatic heterocycles. The first-order valence-corrected chi connectivity index (χ1v) is 13.1. The Hall–Kier alpha value is -3.16. The third-order valence-corrected chi connectivity index (χ3v) is 7.80. The molecule has 1 aliphatic rings. The maximum absolute atomic E-state index is 13.5. The lowest BCUT2D eigenvalue weighted by molar-refractivity contribution is -0.122. The smallest absolute Gasteiger partial charge is 0.243 e. The van der Waals surface area contributed by atoms with Gasteiger partial charge in [-0.05, 0) is 67.1 Å². The van der Waals surface area contributed by atoms with Crippen LogP contribution in [-0.2, 0) is 27.8 Å². The van der Waals surface area contributed by atoms with Gasteiger partial charge in [0.15, 0.2) is 0 Å². The van der Waals surface area contributed by atoms with Gasteiger partial charge in [0.1, 0.15) is 5.75 Å². The quantitative estimate of drug-likeness (QED) is 0.492. The minimum Gasteiger partial charge on any atom is -0.494 e. The van der Waals surface area contributed by atoms with Crippen LogP contribution in [0.15, 0.2) is 83.8 Å². The molecule has 7 heteroatoms. The standard InChI is InChI=1S/C27H30N2O4S/c1-2-33-23-15-17-24(18-16-23)34(31,32)29(19-21-9-4-3-5-10-21)20-27(30)28-26-14-8-12-22-11-6-7-13-25(22)26/h3-7,9-11,13,15-18,26H,2,8,12,14,19-20H2,1H3,(H,28,30). The zero-order valence-electron chi connectivity index (χ0n) is 19.3. The van der Waals surface area contributed by atoms with E-state index in [1.165, 1.54) is 22.0 Å². The van der Waals surface area contributed by atoms with Gasteiger partial charge in [0.05, 0.1) is 24.1 Å². The van der Waals surface area contributed by atoms with Gasteiger partial charge in [-0.2, -0.15) is 4.31 Å². The number of amides is 1. The monoisotopic (exact) mass is 478 g/mol. The molecule has 0 heterocycles. The summed E-state index contributed by atoms with van der Waals surface area (Å²) in [6.07, 6.45) is 2.82. The van der Waals surface area contributed by atoms with Crippen molar-refractivity contribution in [3.05, 3.63) is 95.6 Å². The van der Waals surface area contributed by atoms with Crippen molar-refractivity contribution in [2.45, 2.75) is 43.7 Å². The Labute approximate surface area is 201 Å². The summed E-state index contributed by atoms with van der Waals surface area (Å²) in [4.78, 5) is 13.2. The van der Waals surface area contributed by atoms with Crippen LogP contribution in [0.5, 0.6) is 5.75 Å². The molecule has 3 aromatic carbocycles. The number of aryl methyl sites for hydroxylation is 1. The number of sulfonamides is 1. The Bertz CT molecular complexity index is 1210. The minimum atomic E-state index is -3.91. The molecule has 0 radical (unpaired) electrons. The number of carbonyl (C=O) groups excluding carboxylic acids is 1. The van der Waals surface area contributed by atoms with Crippen molar-refractivity contribution in [1.29, 1.82) is 0 Å². The van der Waals surface area contributed by atoms with E-state index in [4.69, 9.17) is 4.74 Å². The SMILES string of the molecule is CCOc1ccc(S(=O)(=O)N(CC(=O)NC2CCCc3ccccc32)Cc2ccccc2)cc1. The first kappa shape index (κ1) is 24.0. The second kappa shape index (κ2) is 10.8. The van der Waals surface area contributed by atoms with E-state index in [0.717, 1.165) is 30.4 Å². The first-order chi connectivity index (χ1) is 16.5. The molecule has 0 saturated heterocycles. The van der Waals surface area contributed by atoms with Crippen LogP contribution in [0, 0.1) is 0 Å². The minimum absolute atomic E-state index is 0.102. The van der Waals surface area contributed by atoms with Gasteiger partial charge in [0.2, 0.25) is 15.9 Å². The Morgan fingerprint density at radius 1 is 1.00 bits per heavy atom. The summed E-state index contributed by atoms with van der Waals surface area (Å²) >= 11 is 0. The molecule has 0 fully saturated rings. The lowest BCUT2D eigenvalue weighted by Crippen LogP contribution is -2.42. The number of benzene rings is 3. The van der Waals surface area contributed by atoms with E-state index in [0.29, 0.717) is 12.4 Å². The second-order valence-corrected chi connectivity index (χ2v) is 10.3. The summed E-state index contributed by atoms with van der Waals surface area (Å²) in [5, 5.41) is 3.08. The molecule has 0 bridgehead atoms. The molecule has 3 aromatic rings. The predicted octanol–water partition coefficient (Wildman–Crippen LogP) is 4.47. The number of fused-ring (bicyclic) bond motifs is 1. The van der Waals surface area contributed by atoms with Crippen molar-refractivity contribution in [2.75, 3.05) is 13.2 Å². The fraction of sp³-hybridized carbons (Fsp3) is 0.296. The highest BCUT2D eigenvalue weighted by molar-refractivity contribution is 7.89. The summed E-state index contributed by atoms with van der Waals surface area (Å²) in [5.41, 5.74) is 3.17. The average molecular weight is 479 g/mol. The van der Waals surface area contributed by atoms with Gasteiger partial charge >= 0.3 is 0 Å². The van der Waals surface area contributed by atoms with Crippen molar-refractivity contribution in [1.82, 2.24) is 9.62 Å². The number of rotatable bonds is 9. The van der Waals surface area contributed by atoms with Crippen molar-refractivity contribution in [3.8, 4) is 5.75 Å². The fourth-order valence-corrected chi connectivity index (χ4v) is 5.72. The zero-order chi connectivity index (χ0) is 24.0. The molecule has 1 amide bonds. The van der Waals surface area contributed by atoms with Crippen LogP contribution in [-0.4, -0.2) is 31.8 Å². The average Bonchev–Trinajstić information content (AvgIpc) is 2.85. The van der Waals surface area contributed by atoms with E-state index in [2.05, 4.69) is 11.4 Å². The highest BCUT2D eigenvalue weighted by atomic mass is 32.2. The highest BCUT2D eigenvalue weighted by Crippen LogP contribution is 2.29. The normalized spacial score (nSPS) is 15.5. The van der Waals surface area contributed by atoms with Gasteiger partial charge < -0.3 is 10.1 Å². The van der Waals surface area contributed by atoms with Gasteiger partial charge in [0.25, 0.3) is 0 Å². The maximum atomic E-state index is 13.5. The number of hydrogen-bond donors (Lipinski definition) is 1. The third kappa shape index (κ3) is 5.66. The molecule has 0 saturated carbocycles. The summed E-state index contributed by atoms with van der Waals surface area (Å²) < 4.78 is 33.7. The molecule has 4 rings (SSSR count). The number of ether oxygens (including phenoxy) is 1. The van der Waals surface area contributed by atoms with Crippen LogP contribution in [0.1, 0.15) is 42.5 Å². The van der Waals surface area contributed by atoms with Gasteiger partial charge in [-0.15, -0.1) is 0 Å². The molecule has 1 atom stereocenters. The Balaban J connectivity index is 1.56. The second-order valence-electron chi connectivity index (χ2n) is 8.37. The summed E-state index contributed by atoms with van der Waals surface area (Å²) in [6, 6.07) is 23.6. The Morgan fingerprint density at radius 3 is 2.44 bits per heavy atom. The molecule has 1 N–H and O–H groups in total. The van der Waals surface area contributed by atoms with Gasteiger partial charge in [-0.3, -0.25) is 4.79 Å². The number of nitrogens with one attached hydrogen (secondary N) is 1. The van der Waals surface area contributed by atoms with Crippen LogP contribution < -0.4 is 10.1 Å². The van der Waals surface area contributed by atoms with E-state index in [9.17, 15) is 13.2 Å². The summed E-state index contributed by atoms with van der Waals surface area (Å²) in [6.45, 7) is 2.21. The van der Waals surface area contributed by atoms with E-state index >= 15 is 0 Å². The number of nitrogens with zero attached hydrogens (tertiary/aromatic N) is 1. The lowest BCUT2D eigenvalue weighted by Gasteiger charge is -2.28. The van der Waals surface area contributed by atoms with Crippen molar-refractivity contribution in [2.24, 2.45) is 0 Å². The van der Waals surface area contributed by atoms with Gasteiger partial charge in [-0.1, -0.05) is 54.6 Å². The Morgan fingerprint density at radius 2 is 1.71 bits per heavy atom. The van der Waals surface area contributed by atoms with Gasteiger partial charge in [-0.25, -0.2) is 8.42 Å². The summed E-state index contributed by atoms with van der Waals surface area (Å²) in [5.74, 6) is 0.289. The van der Waals surface area contributed by atoms with E-state index in [-0.39, 0.29) is 29.9 Å². The molecule has 178 valence electrons. The Kier molecular flexibility index (Phi) is 7.65. The molecule has 6 nitrogen and oxygen atoms in total. The topological polar surface area (TPSA) is 75.7 Å². The highest BCUT2D eigenvalue weighted by Gasteiger charge is 2.29. The van der Waals surface area contributed by atoms with Crippen LogP contribution in [0.4, 0.5) is 0 Å². The first-order valence-electron chi connectivity index (χ1n) is 11.6. The molecular weight excluding hydrogens is 448 g/mol. The largest absolute Gasteiger partial charge is 0.494 e. The van der Waals surface area contributed by atoms with Crippen LogP contribution in [0.25, 0.3) is 0 Å². The van der Waals surface area contributed by atoms with Gasteiger partial charge in [0, 0.05) is 6.54 Å². The molecule has 1 aliphatic carbocycles.